The normalized spacial score (nSPS) is 10.6. The molecule has 84 valence electrons. The molecule has 0 saturated heterocycles. The molecule has 3 nitrogen and oxygen atoms in total. The molecular weight excluding hydrogens is 252 g/mol. The maximum absolute atomic E-state index is 11.8. The van der Waals surface area contributed by atoms with Crippen molar-refractivity contribution >= 4 is 43.9 Å². The molecule has 0 aliphatic heterocycles. The van der Waals surface area contributed by atoms with Crippen LogP contribution in [0.15, 0.2) is 41.8 Å². The highest BCUT2D eigenvalue weighted by Gasteiger charge is 2.09. The second-order valence-corrected chi connectivity index (χ2v) is 5.40. The Bertz CT molecular complexity index is 625. The first-order valence-electron chi connectivity index (χ1n) is 5.03. The summed E-state index contributed by atoms with van der Waals surface area (Å²) >= 11 is 2.91. The van der Waals surface area contributed by atoms with E-state index in [0.29, 0.717) is 10.0 Å². The molecule has 0 aliphatic carbocycles. The zero-order valence-electron chi connectivity index (χ0n) is 8.71. The molecule has 1 N–H and O–H groups in total. The number of amides is 1. The minimum atomic E-state index is -0.0981. The van der Waals surface area contributed by atoms with Crippen LogP contribution < -0.4 is 5.32 Å². The third-order valence-electron chi connectivity index (χ3n) is 2.26. The fourth-order valence-electron chi connectivity index (χ4n) is 1.49. The number of nitrogens with zero attached hydrogens (tertiary/aromatic N) is 1. The SMILES string of the molecule is O=C(Nc1nc2ccccc2s1)c1cccs1. The van der Waals surface area contributed by atoms with Gasteiger partial charge in [-0.1, -0.05) is 29.5 Å². The maximum atomic E-state index is 11.8. The molecule has 1 aromatic carbocycles. The molecule has 3 rings (SSSR count). The molecule has 0 unspecified atom stereocenters. The smallest absolute Gasteiger partial charge is 0.267 e. The Labute approximate surface area is 106 Å². The van der Waals surface area contributed by atoms with Gasteiger partial charge in [-0.3, -0.25) is 10.1 Å². The van der Waals surface area contributed by atoms with Crippen molar-refractivity contribution in [2.75, 3.05) is 5.32 Å². The molecule has 1 amide bonds. The summed E-state index contributed by atoms with van der Waals surface area (Å²) < 4.78 is 1.08. The predicted molar refractivity (Wildman–Crippen MR) is 71.9 cm³/mol. The van der Waals surface area contributed by atoms with E-state index in [2.05, 4.69) is 10.3 Å². The standard InChI is InChI=1S/C12H8N2OS2/c15-11(10-6-3-7-16-10)14-12-13-8-4-1-2-5-9(8)17-12/h1-7H,(H,13,14,15). The van der Waals surface area contributed by atoms with E-state index >= 15 is 0 Å². The number of carbonyl (C=O) groups excluding carboxylic acids is 1. The zero-order valence-corrected chi connectivity index (χ0v) is 10.3. The monoisotopic (exact) mass is 260 g/mol. The maximum Gasteiger partial charge on any atom is 0.267 e. The predicted octanol–water partition coefficient (Wildman–Crippen LogP) is 3.61. The number of anilines is 1. The number of carbonyl (C=O) groups is 1. The summed E-state index contributed by atoms with van der Waals surface area (Å²) in [6, 6.07) is 11.5. The number of thiazole rings is 1. The molecule has 0 radical (unpaired) electrons. The molecule has 0 spiro atoms. The largest absolute Gasteiger partial charge is 0.297 e. The average Bonchev–Trinajstić information content (AvgIpc) is 2.97. The first-order chi connectivity index (χ1) is 8.33. The van der Waals surface area contributed by atoms with Crippen molar-refractivity contribution < 1.29 is 4.79 Å². The molecular formula is C12H8N2OS2. The number of aromatic nitrogens is 1. The summed E-state index contributed by atoms with van der Waals surface area (Å²) in [4.78, 5) is 16.9. The number of hydrogen-bond acceptors (Lipinski definition) is 4. The summed E-state index contributed by atoms with van der Waals surface area (Å²) in [5.41, 5.74) is 0.916. The van der Waals surface area contributed by atoms with Crippen LogP contribution in [-0.2, 0) is 0 Å². The van der Waals surface area contributed by atoms with Crippen molar-refractivity contribution in [1.29, 1.82) is 0 Å². The third kappa shape index (κ3) is 2.07. The van der Waals surface area contributed by atoms with Gasteiger partial charge in [0.15, 0.2) is 5.13 Å². The molecule has 0 fully saturated rings. The quantitative estimate of drug-likeness (QED) is 0.764. The van der Waals surface area contributed by atoms with Gasteiger partial charge >= 0.3 is 0 Å². The van der Waals surface area contributed by atoms with E-state index in [1.54, 1.807) is 6.07 Å². The number of fused-ring (bicyclic) bond motifs is 1. The minimum Gasteiger partial charge on any atom is -0.297 e. The lowest BCUT2D eigenvalue weighted by molar-refractivity contribution is 0.103. The van der Waals surface area contributed by atoms with Crippen molar-refractivity contribution in [3.8, 4) is 0 Å². The highest BCUT2D eigenvalue weighted by molar-refractivity contribution is 7.22. The average molecular weight is 260 g/mol. The number of benzene rings is 1. The van der Waals surface area contributed by atoms with E-state index in [1.165, 1.54) is 22.7 Å². The topological polar surface area (TPSA) is 42.0 Å². The lowest BCUT2D eigenvalue weighted by Gasteiger charge is -1.96. The Balaban J connectivity index is 1.88. The van der Waals surface area contributed by atoms with Gasteiger partial charge in [0.1, 0.15) is 0 Å². The van der Waals surface area contributed by atoms with E-state index in [1.807, 2.05) is 35.7 Å². The van der Waals surface area contributed by atoms with E-state index in [-0.39, 0.29) is 5.91 Å². The second-order valence-electron chi connectivity index (χ2n) is 3.42. The van der Waals surface area contributed by atoms with Crippen LogP contribution in [0.3, 0.4) is 0 Å². The number of rotatable bonds is 2. The third-order valence-corrected chi connectivity index (χ3v) is 4.08. The van der Waals surface area contributed by atoms with Gasteiger partial charge in [0.05, 0.1) is 15.1 Å². The van der Waals surface area contributed by atoms with E-state index in [4.69, 9.17) is 0 Å². The van der Waals surface area contributed by atoms with E-state index in [0.717, 1.165) is 10.2 Å². The molecule has 0 bridgehead atoms. The molecule has 3 aromatic rings. The molecule has 0 aliphatic rings. The number of hydrogen-bond donors (Lipinski definition) is 1. The van der Waals surface area contributed by atoms with Crippen LogP contribution in [0.4, 0.5) is 5.13 Å². The van der Waals surface area contributed by atoms with Gasteiger partial charge in [-0.2, -0.15) is 0 Å². The Morgan fingerprint density at radius 2 is 2.06 bits per heavy atom. The van der Waals surface area contributed by atoms with Gasteiger partial charge in [-0.25, -0.2) is 4.98 Å². The molecule has 2 aromatic heterocycles. The van der Waals surface area contributed by atoms with E-state index in [9.17, 15) is 4.79 Å². The summed E-state index contributed by atoms with van der Waals surface area (Å²) in [5.74, 6) is -0.0981. The van der Waals surface area contributed by atoms with Gasteiger partial charge in [0, 0.05) is 0 Å². The van der Waals surface area contributed by atoms with Crippen molar-refractivity contribution in [3.05, 3.63) is 46.7 Å². The molecule has 2 heterocycles. The second kappa shape index (κ2) is 4.27. The summed E-state index contributed by atoms with van der Waals surface area (Å²) in [7, 11) is 0. The van der Waals surface area contributed by atoms with E-state index < -0.39 is 0 Å². The lowest BCUT2D eigenvalue weighted by Crippen LogP contribution is -2.09. The molecule has 17 heavy (non-hydrogen) atoms. The van der Waals surface area contributed by atoms with Gasteiger partial charge in [0.25, 0.3) is 5.91 Å². The highest BCUT2D eigenvalue weighted by atomic mass is 32.1. The first-order valence-corrected chi connectivity index (χ1v) is 6.73. The van der Waals surface area contributed by atoms with Crippen LogP contribution in [-0.4, -0.2) is 10.9 Å². The van der Waals surface area contributed by atoms with Crippen LogP contribution in [0.5, 0.6) is 0 Å². The van der Waals surface area contributed by atoms with Crippen molar-refractivity contribution in [2.45, 2.75) is 0 Å². The first kappa shape index (κ1) is 10.4. The van der Waals surface area contributed by atoms with Gasteiger partial charge < -0.3 is 0 Å². The Morgan fingerprint density at radius 1 is 1.18 bits per heavy atom. The number of nitrogens with one attached hydrogen (secondary N) is 1. The van der Waals surface area contributed by atoms with Crippen molar-refractivity contribution in [3.63, 3.8) is 0 Å². The minimum absolute atomic E-state index is 0.0981. The van der Waals surface area contributed by atoms with Gasteiger partial charge in [-0.15, -0.1) is 11.3 Å². The van der Waals surface area contributed by atoms with Crippen LogP contribution in [0.25, 0.3) is 10.2 Å². The van der Waals surface area contributed by atoms with Gasteiger partial charge in [0.2, 0.25) is 0 Å². The Kier molecular flexibility index (Phi) is 2.62. The summed E-state index contributed by atoms with van der Waals surface area (Å²) in [6.07, 6.45) is 0. The van der Waals surface area contributed by atoms with Crippen LogP contribution >= 0.6 is 22.7 Å². The lowest BCUT2D eigenvalue weighted by atomic mass is 10.3. The molecule has 5 heteroatoms. The summed E-state index contributed by atoms with van der Waals surface area (Å²) in [6.45, 7) is 0. The number of thiophene rings is 1. The van der Waals surface area contributed by atoms with Crippen molar-refractivity contribution in [1.82, 2.24) is 4.98 Å². The van der Waals surface area contributed by atoms with Crippen molar-refractivity contribution in [2.24, 2.45) is 0 Å². The van der Waals surface area contributed by atoms with Crippen LogP contribution in [0.2, 0.25) is 0 Å². The highest BCUT2D eigenvalue weighted by Crippen LogP contribution is 2.26. The van der Waals surface area contributed by atoms with Crippen LogP contribution in [0.1, 0.15) is 9.67 Å². The fraction of sp³-hybridized carbons (Fsp3) is 0. The Hall–Kier alpha value is -1.72. The Morgan fingerprint density at radius 3 is 2.82 bits per heavy atom. The van der Waals surface area contributed by atoms with Gasteiger partial charge in [-0.05, 0) is 23.6 Å². The van der Waals surface area contributed by atoms with Crippen LogP contribution in [0, 0.1) is 0 Å². The zero-order chi connectivity index (χ0) is 11.7. The molecule has 0 atom stereocenters. The fourth-order valence-corrected chi connectivity index (χ4v) is 2.97. The number of para-hydroxylation sites is 1. The molecule has 0 saturated carbocycles. The summed E-state index contributed by atoms with van der Waals surface area (Å²) in [5, 5.41) is 5.34.